The van der Waals surface area contributed by atoms with E-state index in [1.807, 2.05) is 0 Å². The number of aromatic hydroxyl groups is 3. The normalized spacial score (nSPS) is 12.4. The van der Waals surface area contributed by atoms with Crippen LogP contribution in [0.1, 0.15) is 31.9 Å². The number of hydrazone groups is 1. The van der Waals surface area contributed by atoms with Gasteiger partial charge < -0.3 is 25.4 Å². The van der Waals surface area contributed by atoms with Crippen LogP contribution in [0.4, 0.5) is 9.18 Å². The van der Waals surface area contributed by atoms with Crippen LogP contribution in [0, 0.1) is 5.82 Å². The van der Waals surface area contributed by atoms with Gasteiger partial charge in [-0.2, -0.15) is 5.10 Å². The number of hydrogen-bond donors (Lipinski definition) is 5. The highest BCUT2D eigenvalue weighted by Gasteiger charge is 2.24. The Hall–Kier alpha value is -3.82. The second-order valence-electron chi connectivity index (χ2n) is 7.63. The van der Waals surface area contributed by atoms with Gasteiger partial charge in [-0.1, -0.05) is 12.1 Å². The Morgan fingerprint density at radius 3 is 2.35 bits per heavy atom. The van der Waals surface area contributed by atoms with E-state index in [0.717, 1.165) is 12.3 Å². The average Bonchev–Trinajstić information content (AvgIpc) is 2.67. The third-order valence-corrected chi connectivity index (χ3v) is 3.90. The number of rotatable bonds is 6. The van der Waals surface area contributed by atoms with E-state index in [2.05, 4.69) is 15.8 Å². The summed E-state index contributed by atoms with van der Waals surface area (Å²) in [7, 11) is 0. The third-order valence-electron chi connectivity index (χ3n) is 3.90. The van der Waals surface area contributed by atoms with Gasteiger partial charge in [-0.15, -0.1) is 0 Å². The molecule has 0 aliphatic carbocycles. The molecule has 31 heavy (non-hydrogen) atoms. The molecule has 0 radical (unpaired) electrons. The van der Waals surface area contributed by atoms with Crippen LogP contribution >= 0.6 is 0 Å². The van der Waals surface area contributed by atoms with Crippen LogP contribution in [-0.2, 0) is 16.0 Å². The number of carbonyl (C=O) groups is 2. The fourth-order valence-electron chi connectivity index (χ4n) is 2.45. The van der Waals surface area contributed by atoms with Crippen molar-refractivity contribution in [3.8, 4) is 17.2 Å². The largest absolute Gasteiger partial charge is 0.504 e. The number of ether oxygens (including phenoxy) is 1. The van der Waals surface area contributed by atoms with Gasteiger partial charge >= 0.3 is 6.09 Å². The van der Waals surface area contributed by atoms with Crippen molar-refractivity contribution in [3.63, 3.8) is 0 Å². The maximum atomic E-state index is 13.2. The minimum Gasteiger partial charge on any atom is -0.504 e. The second-order valence-corrected chi connectivity index (χ2v) is 7.63. The molecule has 2 rings (SSSR count). The van der Waals surface area contributed by atoms with E-state index < -0.39 is 46.7 Å². The number of amides is 2. The van der Waals surface area contributed by atoms with Crippen LogP contribution in [0.2, 0.25) is 0 Å². The highest BCUT2D eigenvalue weighted by Crippen LogP contribution is 2.36. The van der Waals surface area contributed by atoms with Gasteiger partial charge in [-0.05, 0) is 50.6 Å². The van der Waals surface area contributed by atoms with E-state index in [1.165, 1.54) is 30.3 Å². The number of halogens is 1. The van der Waals surface area contributed by atoms with E-state index >= 15 is 0 Å². The molecule has 0 aliphatic rings. The molecule has 10 heteroatoms. The van der Waals surface area contributed by atoms with E-state index in [9.17, 15) is 29.3 Å². The Bertz CT molecular complexity index is 970. The maximum absolute atomic E-state index is 13.2. The zero-order chi connectivity index (χ0) is 23.2. The Kier molecular flexibility index (Phi) is 7.41. The highest BCUT2D eigenvalue weighted by molar-refractivity contribution is 5.89. The number of hydrogen-bond acceptors (Lipinski definition) is 7. The lowest BCUT2D eigenvalue weighted by Gasteiger charge is -2.23. The van der Waals surface area contributed by atoms with E-state index in [-0.39, 0.29) is 12.0 Å². The summed E-state index contributed by atoms with van der Waals surface area (Å²) in [5.41, 5.74) is 2.06. The SMILES string of the molecule is CC(C)(C)OC(=O)NC(Cc1ccc(F)cc1)C(=O)N/N=C/c1ccc(O)c(O)c1O. The van der Waals surface area contributed by atoms with E-state index in [4.69, 9.17) is 4.74 Å². The van der Waals surface area contributed by atoms with Crippen molar-refractivity contribution in [3.05, 3.63) is 53.3 Å². The molecule has 0 bridgehead atoms. The third kappa shape index (κ3) is 7.18. The van der Waals surface area contributed by atoms with Gasteiger partial charge in [0.1, 0.15) is 17.5 Å². The molecule has 5 N–H and O–H groups in total. The maximum Gasteiger partial charge on any atom is 0.408 e. The van der Waals surface area contributed by atoms with Crippen molar-refractivity contribution in [2.75, 3.05) is 0 Å². The van der Waals surface area contributed by atoms with Gasteiger partial charge in [0.2, 0.25) is 5.75 Å². The van der Waals surface area contributed by atoms with Crippen molar-refractivity contribution in [1.29, 1.82) is 0 Å². The number of alkyl carbamates (subject to hydrolysis) is 1. The minimum absolute atomic E-state index is 0.0331. The standard InChI is InChI=1S/C21H24FN3O6/c1-21(2,3)31-20(30)24-15(10-12-4-7-14(22)8-5-12)19(29)25-23-11-13-6-9-16(26)18(28)17(13)27/h4-9,11,15,26-28H,10H2,1-3H3,(H,24,30)(H,25,29)/b23-11+. The Labute approximate surface area is 178 Å². The molecular weight excluding hydrogens is 409 g/mol. The highest BCUT2D eigenvalue weighted by atomic mass is 19.1. The lowest BCUT2D eigenvalue weighted by atomic mass is 10.1. The Morgan fingerprint density at radius 2 is 1.74 bits per heavy atom. The monoisotopic (exact) mass is 433 g/mol. The molecule has 0 saturated carbocycles. The molecule has 1 unspecified atom stereocenters. The summed E-state index contributed by atoms with van der Waals surface area (Å²) in [5, 5.41) is 34.8. The lowest BCUT2D eigenvalue weighted by Crippen LogP contribution is -2.48. The second kappa shape index (κ2) is 9.79. The molecule has 0 aromatic heterocycles. The van der Waals surface area contributed by atoms with Gasteiger partial charge in [-0.25, -0.2) is 14.6 Å². The summed E-state index contributed by atoms with van der Waals surface area (Å²) in [4.78, 5) is 24.7. The number of nitrogens with one attached hydrogen (secondary N) is 2. The first-order valence-electron chi connectivity index (χ1n) is 9.27. The smallest absolute Gasteiger partial charge is 0.408 e. The van der Waals surface area contributed by atoms with Crippen molar-refractivity contribution in [1.82, 2.24) is 10.7 Å². The molecular formula is C21H24FN3O6. The molecule has 2 aromatic rings. The fourth-order valence-corrected chi connectivity index (χ4v) is 2.45. The topological polar surface area (TPSA) is 140 Å². The van der Waals surface area contributed by atoms with Crippen molar-refractivity contribution in [2.24, 2.45) is 5.10 Å². The zero-order valence-electron chi connectivity index (χ0n) is 17.2. The van der Waals surface area contributed by atoms with Gasteiger partial charge in [0.15, 0.2) is 11.5 Å². The molecule has 0 heterocycles. The lowest BCUT2D eigenvalue weighted by molar-refractivity contribution is -0.123. The zero-order valence-corrected chi connectivity index (χ0v) is 17.2. The molecule has 0 saturated heterocycles. The summed E-state index contributed by atoms with van der Waals surface area (Å²) in [6, 6.07) is 6.74. The van der Waals surface area contributed by atoms with E-state index in [0.29, 0.717) is 5.56 Å². The molecule has 0 fully saturated rings. The van der Waals surface area contributed by atoms with Gasteiger partial charge in [0.05, 0.1) is 6.21 Å². The molecule has 9 nitrogen and oxygen atoms in total. The van der Waals surface area contributed by atoms with Gasteiger partial charge in [0, 0.05) is 12.0 Å². The van der Waals surface area contributed by atoms with Gasteiger partial charge in [0.25, 0.3) is 5.91 Å². The van der Waals surface area contributed by atoms with Gasteiger partial charge in [-0.3, -0.25) is 4.79 Å². The van der Waals surface area contributed by atoms with Crippen LogP contribution in [0.25, 0.3) is 0 Å². The molecule has 1 atom stereocenters. The molecule has 2 amide bonds. The molecule has 0 aliphatic heterocycles. The van der Waals surface area contributed by atoms with Crippen LogP contribution in [0.5, 0.6) is 17.2 Å². The summed E-state index contributed by atoms with van der Waals surface area (Å²) in [5.74, 6) is -3.00. The summed E-state index contributed by atoms with van der Waals surface area (Å²) in [6.07, 6.45) is 0.265. The van der Waals surface area contributed by atoms with E-state index in [1.54, 1.807) is 20.8 Å². The first-order chi connectivity index (χ1) is 14.5. The van der Waals surface area contributed by atoms with Crippen molar-refractivity contribution in [2.45, 2.75) is 38.8 Å². The predicted molar refractivity (Wildman–Crippen MR) is 110 cm³/mol. The first kappa shape index (κ1) is 23.5. The van der Waals surface area contributed by atoms with Crippen LogP contribution in [0.15, 0.2) is 41.5 Å². The number of nitrogens with zero attached hydrogens (tertiary/aromatic N) is 1. The Morgan fingerprint density at radius 1 is 1.10 bits per heavy atom. The van der Waals surface area contributed by atoms with Crippen molar-refractivity contribution < 1.29 is 34.0 Å². The number of phenols is 3. The van der Waals surface area contributed by atoms with Crippen LogP contribution < -0.4 is 10.7 Å². The van der Waals surface area contributed by atoms with Crippen LogP contribution in [0.3, 0.4) is 0 Å². The minimum atomic E-state index is -1.10. The Balaban J connectivity index is 2.13. The number of benzene rings is 2. The first-order valence-corrected chi connectivity index (χ1v) is 9.27. The molecule has 2 aromatic carbocycles. The molecule has 0 spiro atoms. The van der Waals surface area contributed by atoms with Crippen molar-refractivity contribution >= 4 is 18.2 Å². The number of phenolic OH excluding ortho intramolecular Hbond substituents is 3. The molecule has 166 valence electrons. The summed E-state index contributed by atoms with van der Waals surface area (Å²) in [6.45, 7) is 5.02. The summed E-state index contributed by atoms with van der Waals surface area (Å²) < 4.78 is 18.3. The van der Waals surface area contributed by atoms with Crippen LogP contribution in [-0.4, -0.2) is 45.2 Å². The summed E-state index contributed by atoms with van der Waals surface area (Å²) >= 11 is 0. The fraction of sp³-hybridized carbons (Fsp3) is 0.286. The quantitative estimate of drug-likeness (QED) is 0.269. The average molecular weight is 433 g/mol. The predicted octanol–water partition coefficient (Wildman–Crippen LogP) is 2.53. The number of carbonyl (C=O) groups excluding carboxylic acids is 2.